The van der Waals surface area contributed by atoms with E-state index in [4.69, 9.17) is 27.9 Å². The number of carbonyl (C=O) groups is 2. The van der Waals surface area contributed by atoms with Crippen molar-refractivity contribution in [2.24, 2.45) is 7.05 Å². The topological polar surface area (TPSA) is 90.3 Å². The fraction of sp³-hybridized carbons (Fsp3) is 0.120. The van der Waals surface area contributed by atoms with E-state index in [-0.39, 0.29) is 17.1 Å². The molecule has 4 aromatic rings. The van der Waals surface area contributed by atoms with E-state index in [0.29, 0.717) is 31.9 Å². The van der Waals surface area contributed by atoms with Gasteiger partial charge in [0, 0.05) is 29.2 Å². The first-order valence-corrected chi connectivity index (χ1v) is 11.0. The largest absolute Gasteiger partial charge is 0.448 e. The standard InChI is InChI=1S/C25H19Cl2N3O4/c1-14(23(31)29-20-12-11-17(27)13-28-20)34-25(33)22-21(15-7-9-16(26)10-8-15)18-5-3-4-6-19(18)24(32)30(22)2/h3-14H,1-2H3,(H,28,29,31). The van der Waals surface area contributed by atoms with E-state index >= 15 is 0 Å². The van der Waals surface area contributed by atoms with E-state index in [1.54, 1.807) is 54.6 Å². The molecular weight excluding hydrogens is 477 g/mol. The molecule has 1 atom stereocenters. The normalized spacial score (nSPS) is 11.8. The third-order valence-corrected chi connectivity index (χ3v) is 5.74. The zero-order valence-electron chi connectivity index (χ0n) is 18.2. The van der Waals surface area contributed by atoms with Crippen LogP contribution < -0.4 is 10.9 Å². The Morgan fingerprint density at radius 1 is 0.971 bits per heavy atom. The Bertz CT molecular complexity index is 1450. The average Bonchev–Trinajstić information content (AvgIpc) is 2.83. The van der Waals surface area contributed by atoms with Gasteiger partial charge in [-0.05, 0) is 48.2 Å². The van der Waals surface area contributed by atoms with Crippen molar-refractivity contribution in [1.29, 1.82) is 0 Å². The van der Waals surface area contributed by atoms with Crippen molar-refractivity contribution < 1.29 is 14.3 Å². The van der Waals surface area contributed by atoms with Crippen LogP contribution in [0.2, 0.25) is 10.0 Å². The number of carbonyl (C=O) groups excluding carboxylic acids is 2. The molecule has 0 radical (unpaired) electrons. The number of pyridine rings is 2. The fourth-order valence-electron chi connectivity index (χ4n) is 3.56. The first kappa shape index (κ1) is 23.5. The number of hydrogen-bond acceptors (Lipinski definition) is 5. The van der Waals surface area contributed by atoms with Crippen LogP contribution in [-0.4, -0.2) is 27.5 Å². The summed E-state index contributed by atoms with van der Waals surface area (Å²) in [6.45, 7) is 1.43. The molecule has 0 spiro atoms. The monoisotopic (exact) mass is 495 g/mol. The molecule has 0 saturated carbocycles. The van der Waals surface area contributed by atoms with Gasteiger partial charge in [-0.3, -0.25) is 9.59 Å². The molecule has 2 aromatic heterocycles. The Hall–Kier alpha value is -3.68. The number of esters is 1. The summed E-state index contributed by atoms with van der Waals surface area (Å²) in [5.41, 5.74) is 0.843. The Labute approximate surface area is 204 Å². The Morgan fingerprint density at radius 3 is 2.26 bits per heavy atom. The second-order valence-electron chi connectivity index (χ2n) is 7.54. The lowest BCUT2D eigenvalue weighted by molar-refractivity contribution is -0.123. The second-order valence-corrected chi connectivity index (χ2v) is 8.41. The first-order valence-electron chi connectivity index (χ1n) is 10.3. The number of nitrogens with zero attached hydrogens (tertiary/aromatic N) is 2. The third-order valence-electron chi connectivity index (χ3n) is 5.26. The van der Waals surface area contributed by atoms with Crippen LogP contribution in [0.3, 0.4) is 0 Å². The van der Waals surface area contributed by atoms with Crippen molar-refractivity contribution in [2.45, 2.75) is 13.0 Å². The summed E-state index contributed by atoms with van der Waals surface area (Å²) in [4.78, 5) is 42.9. The highest BCUT2D eigenvalue weighted by molar-refractivity contribution is 6.30. The lowest BCUT2D eigenvalue weighted by Gasteiger charge is -2.19. The lowest BCUT2D eigenvalue weighted by atomic mass is 9.96. The highest BCUT2D eigenvalue weighted by Crippen LogP contribution is 2.32. The van der Waals surface area contributed by atoms with Crippen molar-refractivity contribution in [3.63, 3.8) is 0 Å². The highest BCUT2D eigenvalue weighted by Gasteiger charge is 2.26. The summed E-state index contributed by atoms with van der Waals surface area (Å²) in [7, 11) is 1.49. The number of amides is 1. The summed E-state index contributed by atoms with van der Waals surface area (Å²) in [6.07, 6.45) is 0.224. The molecular formula is C25H19Cl2N3O4. The quantitative estimate of drug-likeness (QED) is 0.389. The van der Waals surface area contributed by atoms with Crippen LogP contribution in [-0.2, 0) is 16.6 Å². The van der Waals surface area contributed by atoms with Gasteiger partial charge in [-0.2, -0.15) is 0 Å². The zero-order chi connectivity index (χ0) is 24.4. The predicted octanol–water partition coefficient (Wildman–Crippen LogP) is 5.09. The van der Waals surface area contributed by atoms with E-state index in [1.165, 1.54) is 30.8 Å². The van der Waals surface area contributed by atoms with Gasteiger partial charge in [-0.1, -0.05) is 53.5 Å². The molecule has 0 bridgehead atoms. The van der Waals surface area contributed by atoms with Crippen molar-refractivity contribution in [3.8, 4) is 11.1 Å². The molecule has 0 aliphatic heterocycles. The zero-order valence-corrected chi connectivity index (χ0v) is 19.7. The molecule has 0 aliphatic carbocycles. The van der Waals surface area contributed by atoms with Crippen molar-refractivity contribution in [1.82, 2.24) is 9.55 Å². The SMILES string of the molecule is CC(OC(=O)c1c(-c2ccc(Cl)cc2)c2ccccc2c(=O)n1C)C(=O)Nc1ccc(Cl)cn1. The van der Waals surface area contributed by atoms with Crippen LogP contribution in [0.1, 0.15) is 17.4 Å². The van der Waals surface area contributed by atoms with Crippen LogP contribution >= 0.6 is 23.2 Å². The van der Waals surface area contributed by atoms with Gasteiger partial charge in [0.15, 0.2) is 6.10 Å². The minimum absolute atomic E-state index is 0.0234. The smallest absolute Gasteiger partial charge is 0.356 e. The lowest BCUT2D eigenvalue weighted by Crippen LogP contribution is -2.33. The number of rotatable bonds is 5. The summed E-state index contributed by atoms with van der Waals surface area (Å²) >= 11 is 11.9. The van der Waals surface area contributed by atoms with Gasteiger partial charge in [-0.15, -0.1) is 0 Å². The molecule has 2 heterocycles. The molecule has 172 valence electrons. The molecule has 4 rings (SSSR count). The maximum Gasteiger partial charge on any atom is 0.356 e. The Balaban J connectivity index is 1.73. The van der Waals surface area contributed by atoms with Crippen LogP contribution in [0.4, 0.5) is 5.82 Å². The Kier molecular flexibility index (Phi) is 6.68. The molecule has 34 heavy (non-hydrogen) atoms. The molecule has 0 fully saturated rings. The number of anilines is 1. The van der Waals surface area contributed by atoms with Gasteiger partial charge in [0.2, 0.25) is 0 Å². The second kappa shape index (κ2) is 9.67. The average molecular weight is 496 g/mol. The van der Waals surface area contributed by atoms with Crippen molar-refractivity contribution in [3.05, 3.63) is 93.0 Å². The number of aromatic nitrogens is 2. The Morgan fingerprint density at radius 2 is 1.62 bits per heavy atom. The minimum atomic E-state index is -1.16. The van der Waals surface area contributed by atoms with Gasteiger partial charge in [-0.25, -0.2) is 9.78 Å². The van der Waals surface area contributed by atoms with Crippen LogP contribution in [0, 0.1) is 0 Å². The minimum Gasteiger partial charge on any atom is -0.448 e. The van der Waals surface area contributed by atoms with E-state index in [2.05, 4.69) is 10.3 Å². The number of ether oxygens (including phenoxy) is 1. The predicted molar refractivity (Wildman–Crippen MR) is 132 cm³/mol. The van der Waals surface area contributed by atoms with Gasteiger partial charge in [0.25, 0.3) is 11.5 Å². The van der Waals surface area contributed by atoms with Gasteiger partial charge in [0.05, 0.1) is 5.02 Å². The first-order chi connectivity index (χ1) is 16.3. The summed E-state index contributed by atoms with van der Waals surface area (Å²) in [6, 6.07) is 17.0. The van der Waals surface area contributed by atoms with Crippen molar-refractivity contribution in [2.75, 3.05) is 5.32 Å². The number of benzene rings is 2. The highest BCUT2D eigenvalue weighted by atomic mass is 35.5. The van der Waals surface area contributed by atoms with Gasteiger partial charge < -0.3 is 14.6 Å². The van der Waals surface area contributed by atoms with E-state index < -0.39 is 18.0 Å². The van der Waals surface area contributed by atoms with Gasteiger partial charge >= 0.3 is 5.97 Å². The molecule has 0 aliphatic rings. The molecule has 1 unspecified atom stereocenters. The molecule has 9 heteroatoms. The van der Waals surface area contributed by atoms with Crippen LogP contribution in [0.25, 0.3) is 21.9 Å². The number of hydrogen-bond donors (Lipinski definition) is 1. The van der Waals surface area contributed by atoms with Gasteiger partial charge in [0.1, 0.15) is 11.5 Å². The van der Waals surface area contributed by atoms with E-state index in [1.807, 2.05) is 0 Å². The molecule has 0 saturated heterocycles. The number of halogens is 2. The van der Waals surface area contributed by atoms with Crippen LogP contribution in [0.15, 0.2) is 71.7 Å². The van der Waals surface area contributed by atoms with Crippen molar-refractivity contribution >= 4 is 51.7 Å². The van der Waals surface area contributed by atoms with Crippen LogP contribution in [0.5, 0.6) is 0 Å². The maximum atomic E-state index is 13.3. The molecule has 1 N–H and O–H groups in total. The van der Waals surface area contributed by atoms with E-state index in [9.17, 15) is 14.4 Å². The summed E-state index contributed by atoms with van der Waals surface area (Å²) in [5, 5.41) is 4.55. The fourth-order valence-corrected chi connectivity index (χ4v) is 3.80. The summed E-state index contributed by atoms with van der Waals surface area (Å²) in [5.74, 6) is -1.14. The molecule has 2 aromatic carbocycles. The van der Waals surface area contributed by atoms with E-state index in [0.717, 1.165) is 0 Å². The number of nitrogens with one attached hydrogen (secondary N) is 1. The molecule has 1 amide bonds. The third kappa shape index (κ3) is 4.66. The molecule has 7 nitrogen and oxygen atoms in total. The summed E-state index contributed by atoms with van der Waals surface area (Å²) < 4.78 is 6.71. The maximum absolute atomic E-state index is 13.3. The number of fused-ring (bicyclic) bond motifs is 1.